The molecule has 0 aromatic heterocycles. The second kappa shape index (κ2) is 6.44. The van der Waals surface area contributed by atoms with Gasteiger partial charge in [0, 0.05) is 12.6 Å². The highest BCUT2D eigenvalue weighted by Gasteiger charge is 2.46. The molecule has 0 aromatic carbocycles. The molecule has 140 valence electrons. The van der Waals surface area contributed by atoms with Gasteiger partial charge in [-0.25, -0.2) is 0 Å². The average molecular weight is 362 g/mol. The summed E-state index contributed by atoms with van der Waals surface area (Å²) in [6.45, 7) is 4.75. The lowest BCUT2D eigenvalue weighted by molar-refractivity contribution is -0.175. The van der Waals surface area contributed by atoms with Crippen LogP contribution in [0.4, 0.5) is 26.3 Å². The Balaban J connectivity index is 2.80. The van der Waals surface area contributed by atoms with Crippen LogP contribution in [0.15, 0.2) is 0 Å². The Morgan fingerprint density at radius 1 is 0.958 bits per heavy atom. The number of halogens is 6. The van der Waals surface area contributed by atoms with Gasteiger partial charge in [0.15, 0.2) is 0 Å². The fourth-order valence-electron chi connectivity index (χ4n) is 3.53. The van der Waals surface area contributed by atoms with E-state index in [4.69, 9.17) is 0 Å². The third-order valence-corrected chi connectivity index (χ3v) is 3.97. The molecule has 0 aromatic rings. The molecule has 2 amide bonds. The molecule has 4 nitrogen and oxygen atoms in total. The van der Waals surface area contributed by atoms with Gasteiger partial charge in [-0.2, -0.15) is 26.3 Å². The molecule has 24 heavy (non-hydrogen) atoms. The van der Waals surface area contributed by atoms with Crippen LogP contribution in [-0.4, -0.2) is 36.8 Å². The lowest BCUT2D eigenvalue weighted by atomic mass is 9.62. The second-order valence-electron chi connectivity index (χ2n) is 7.41. The zero-order valence-electron chi connectivity index (χ0n) is 13.5. The Bertz CT molecular complexity index is 500. The van der Waals surface area contributed by atoms with Crippen LogP contribution in [0.3, 0.4) is 0 Å². The molecule has 0 unspecified atom stereocenters. The Morgan fingerprint density at radius 3 is 1.92 bits per heavy atom. The maximum atomic E-state index is 12.4. The predicted molar refractivity (Wildman–Crippen MR) is 72.8 cm³/mol. The van der Waals surface area contributed by atoms with Crippen LogP contribution in [0, 0.1) is 10.8 Å². The van der Waals surface area contributed by atoms with Crippen molar-refractivity contribution < 1.29 is 35.9 Å². The summed E-state index contributed by atoms with van der Waals surface area (Å²) in [5.74, 6) is -4.17. The Kier molecular flexibility index (Phi) is 5.52. The van der Waals surface area contributed by atoms with E-state index >= 15 is 0 Å². The lowest BCUT2D eigenvalue weighted by Crippen LogP contribution is -2.53. The molecule has 0 bridgehead atoms. The number of carbonyl (C=O) groups excluding carboxylic acids is 2. The summed E-state index contributed by atoms with van der Waals surface area (Å²) >= 11 is 0. The largest absolute Gasteiger partial charge is 0.471 e. The van der Waals surface area contributed by atoms with Crippen LogP contribution < -0.4 is 10.6 Å². The molecule has 1 aliphatic rings. The van der Waals surface area contributed by atoms with Crippen LogP contribution in [0.5, 0.6) is 0 Å². The maximum absolute atomic E-state index is 12.4. The van der Waals surface area contributed by atoms with Crippen molar-refractivity contribution >= 4 is 11.8 Å². The van der Waals surface area contributed by atoms with Crippen molar-refractivity contribution in [2.45, 2.75) is 58.4 Å². The van der Waals surface area contributed by atoms with Crippen molar-refractivity contribution in [1.29, 1.82) is 0 Å². The Hall–Kier alpha value is -1.48. The molecule has 1 aliphatic carbocycles. The van der Waals surface area contributed by atoms with E-state index in [1.165, 1.54) is 0 Å². The standard InChI is InChI=1S/C14H20F6N2O2/c1-11(2)4-8(22-10(24)14(18,19)20)5-12(3,6-11)7-21-9(23)13(15,16)17/h8H,4-7H2,1-3H3,(H,21,23)(H,22,24)/t8-,12+/m1/s1. The van der Waals surface area contributed by atoms with Gasteiger partial charge >= 0.3 is 24.2 Å². The minimum absolute atomic E-state index is 0.0381. The SMILES string of the molecule is CC1(C)C[C@@H](NC(=O)C(F)(F)F)C[C@](C)(CNC(=O)C(F)(F)F)C1. The van der Waals surface area contributed by atoms with E-state index in [2.05, 4.69) is 0 Å². The van der Waals surface area contributed by atoms with Crippen molar-refractivity contribution in [3.8, 4) is 0 Å². The first kappa shape index (κ1) is 20.6. The average Bonchev–Trinajstić information content (AvgIpc) is 2.31. The van der Waals surface area contributed by atoms with Crippen molar-refractivity contribution in [2.75, 3.05) is 6.54 Å². The number of amides is 2. The minimum Gasteiger partial charge on any atom is -0.348 e. The molecule has 0 spiro atoms. The van der Waals surface area contributed by atoms with Crippen LogP contribution >= 0.6 is 0 Å². The van der Waals surface area contributed by atoms with Crippen LogP contribution in [0.2, 0.25) is 0 Å². The second-order valence-corrected chi connectivity index (χ2v) is 7.41. The summed E-state index contributed by atoms with van der Waals surface area (Å²) in [7, 11) is 0. The van der Waals surface area contributed by atoms with E-state index in [1.807, 2.05) is 5.32 Å². The molecule has 0 saturated heterocycles. The van der Waals surface area contributed by atoms with Crippen molar-refractivity contribution in [3.05, 3.63) is 0 Å². The number of hydrogen-bond donors (Lipinski definition) is 2. The van der Waals surface area contributed by atoms with Crippen LogP contribution in [0.1, 0.15) is 40.0 Å². The number of nitrogens with one attached hydrogen (secondary N) is 2. The third kappa shape index (κ3) is 5.86. The smallest absolute Gasteiger partial charge is 0.348 e. The van der Waals surface area contributed by atoms with Crippen LogP contribution in [0.25, 0.3) is 0 Å². The number of hydrogen-bond acceptors (Lipinski definition) is 2. The van der Waals surface area contributed by atoms with Gasteiger partial charge in [-0.15, -0.1) is 0 Å². The maximum Gasteiger partial charge on any atom is 0.471 e. The van der Waals surface area contributed by atoms with Gasteiger partial charge in [0.05, 0.1) is 0 Å². The van der Waals surface area contributed by atoms with E-state index in [9.17, 15) is 35.9 Å². The Morgan fingerprint density at radius 2 is 1.46 bits per heavy atom. The first-order valence-electron chi connectivity index (χ1n) is 7.27. The summed E-state index contributed by atoms with van der Waals surface area (Å²) < 4.78 is 73.9. The molecule has 0 heterocycles. The summed E-state index contributed by atoms with van der Waals surface area (Å²) in [5.41, 5.74) is -1.37. The first-order valence-corrected chi connectivity index (χ1v) is 7.27. The van der Waals surface area contributed by atoms with Gasteiger partial charge in [0.25, 0.3) is 0 Å². The minimum atomic E-state index is -5.03. The highest BCUT2D eigenvalue weighted by Crippen LogP contribution is 2.46. The molecule has 2 N–H and O–H groups in total. The van der Waals surface area contributed by atoms with Gasteiger partial charge in [-0.05, 0) is 30.1 Å². The number of alkyl halides is 6. The zero-order chi connectivity index (χ0) is 19.0. The zero-order valence-corrected chi connectivity index (χ0v) is 13.5. The van der Waals surface area contributed by atoms with Crippen molar-refractivity contribution in [3.63, 3.8) is 0 Å². The fraction of sp³-hybridized carbons (Fsp3) is 0.857. The monoisotopic (exact) mass is 362 g/mol. The van der Waals surface area contributed by atoms with Gasteiger partial charge < -0.3 is 10.6 Å². The third-order valence-electron chi connectivity index (χ3n) is 3.97. The van der Waals surface area contributed by atoms with Gasteiger partial charge in [0.1, 0.15) is 0 Å². The molecule has 0 radical (unpaired) electrons. The van der Waals surface area contributed by atoms with E-state index in [1.54, 1.807) is 26.1 Å². The molecular weight excluding hydrogens is 342 g/mol. The summed E-state index contributed by atoms with van der Waals surface area (Å²) in [6.07, 6.45) is -9.35. The predicted octanol–water partition coefficient (Wildman–Crippen LogP) is 2.93. The van der Waals surface area contributed by atoms with Crippen molar-refractivity contribution in [2.24, 2.45) is 10.8 Å². The van der Waals surface area contributed by atoms with E-state index in [0.29, 0.717) is 6.42 Å². The van der Waals surface area contributed by atoms with E-state index in [-0.39, 0.29) is 19.4 Å². The normalized spacial score (nSPS) is 27.5. The molecular formula is C14H20F6N2O2. The van der Waals surface area contributed by atoms with Gasteiger partial charge in [-0.3, -0.25) is 9.59 Å². The highest BCUT2D eigenvalue weighted by molar-refractivity contribution is 5.82. The topological polar surface area (TPSA) is 58.2 Å². The summed E-state index contributed by atoms with van der Waals surface area (Å²) in [5, 5.41) is 3.66. The summed E-state index contributed by atoms with van der Waals surface area (Å²) in [6, 6.07) is -0.837. The van der Waals surface area contributed by atoms with E-state index in [0.717, 1.165) is 0 Å². The molecule has 1 fully saturated rings. The molecule has 10 heteroatoms. The summed E-state index contributed by atoms with van der Waals surface area (Å²) in [4.78, 5) is 22.0. The van der Waals surface area contributed by atoms with Gasteiger partial charge in [-0.1, -0.05) is 20.8 Å². The first-order chi connectivity index (χ1) is 10.5. The number of carbonyl (C=O) groups is 2. The molecule has 0 aliphatic heterocycles. The number of rotatable bonds is 3. The quantitative estimate of drug-likeness (QED) is 0.759. The van der Waals surface area contributed by atoms with Crippen LogP contribution in [-0.2, 0) is 9.59 Å². The fourth-order valence-corrected chi connectivity index (χ4v) is 3.53. The molecule has 1 rings (SSSR count). The van der Waals surface area contributed by atoms with E-state index < -0.39 is 41.0 Å². The molecule has 2 atom stereocenters. The van der Waals surface area contributed by atoms with Gasteiger partial charge in [0.2, 0.25) is 0 Å². The highest BCUT2D eigenvalue weighted by atomic mass is 19.4. The lowest BCUT2D eigenvalue weighted by Gasteiger charge is -2.47. The van der Waals surface area contributed by atoms with Crippen molar-refractivity contribution in [1.82, 2.24) is 10.6 Å². The Labute approximate surface area is 135 Å². The molecule has 1 saturated carbocycles.